The quantitative estimate of drug-likeness (QED) is 0.704. The molecule has 1 aliphatic heterocycles. The first kappa shape index (κ1) is 21.7. The fraction of sp³-hybridized carbons (Fsp3) is 0.526. The highest BCUT2D eigenvalue weighted by atomic mass is 35.5. The van der Waals surface area contributed by atoms with Crippen LogP contribution in [0.2, 0.25) is 0 Å². The van der Waals surface area contributed by atoms with E-state index in [9.17, 15) is 4.79 Å². The lowest BCUT2D eigenvalue weighted by molar-refractivity contribution is 0.0687. The Morgan fingerprint density at radius 2 is 2.00 bits per heavy atom. The van der Waals surface area contributed by atoms with E-state index >= 15 is 0 Å². The van der Waals surface area contributed by atoms with Gasteiger partial charge in [-0.15, -0.1) is 24.2 Å². The summed E-state index contributed by atoms with van der Waals surface area (Å²) < 4.78 is 5.11. The van der Waals surface area contributed by atoms with Crippen molar-refractivity contribution >= 4 is 30.1 Å². The van der Waals surface area contributed by atoms with Gasteiger partial charge in [0.2, 0.25) is 5.89 Å². The summed E-state index contributed by atoms with van der Waals surface area (Å²) in [7, 11) is 1.99. The highest BCUT2D eigenvalue weighted by Crippen LogP contribution is 2.24. The topological polar surface area (TPSA) is 71.3 Å². The highest BCUT2D eigenvalue weighted by Gasteiger charge is 2.23. The molecule has 1 aliphatic rings. The van der Waals surface area contributed by atoms with Crippen LogP contribution >= 0.6 is 24.2 Å². The molecule has 1 saturated heterocycles. The molecule has 148 valence electrons. The molecule has 1 N–H and O–H groups in total. The van der Waals surface area contributed by atoms with Crippen molar-refractivity contribution in [3.8, 4) is 0 Å². The molecular formula is C19H27ClN4O2S. The molecular weight excluding hydrogens is 384 g/mol. The van der Waals surface area contributed by atoms with E-state index in [1.54, 1.807) is 11.8 Å². The van der Waals surface area contributed by atoms with Crippen LogP contribution in [0.25, 0.3) is 0 Å². The third-order valence-corrected chi connectivity index (χ3v) is 5.73. The maximum absolute atomic E-state index is 12.7. The van der Waals surface area contributed by atoms with Gasteiger partial charge >= 0.3 is 0 Å². The summed E-state index contributed by atoms with van der Waals surface area (Å²) >= 11 is 1.62. The summed E-state index contributed by atoms with van der Waals surface area (Å²) in [5.41, 5.74) is 0.761. The number of rotatable bonds is 7. The van der Waals surface area contributed by atoms with Crippen molar-refractivity contribution in [2.75, 3.05) is 26.7 Å². The molecule has 6 nitrogen and oxygen atoms in total. The summed E-state index contributed by atoms with van der Waals surface area (Å²) in [6, 6.07) is 7.80. The lowest BCUT2D eigenvalue weighted by Gasteiger charge is -2.32. The van der Waals surface area contributed by atoms with E-state index in [2.05, 4.69) is 15.5 Å². The smallest absolute Gasteiger partial charge is 0.253 e. The Morgan fingerprint density at radius 3 is 2.59 bits per heavy atom. The van der Waals surface area contributed by atoms with Gasteiger partial charge in [0.15, 0.2) is 5.82 Å². The summed E-state index contributed by atoms with van der Waals surface area (Å²) in [5.74, 6) is 2.78. The number of carbonyl (C=O) groups is 1. The maximum Gasteiger partial charge on any atom is 0.253 e. The molecule has 0 bridgehead atoms. The zero-order valence-electron chi connectivity index (χ0n) is 15.8. The monoisotopic (exact) mass is 410 g/mol. The summed E-state index contributed by atoms with van der Waals surface area (Å²) in [6.45, 7) is 4.59. The van der Waals surface area contributed by atoms with Crippen molar-refractivity contribution in [1.29, 1.82) is 0 Å². The van der Waals surface area contributed by atoms with Gasteiger partial charge in [0.05, 0.1) is 5.75 Å². The molecule has 27 heavy (non-hydrogen) atoms. The Kier molecular flexibility index (Phi) is 8.60. The second kappa shape index (κ2) is 10.7. The molecule has 2 aromatic rings. The average Bonchev–Trinajstić information content (AvgIpc) is 3.10. The minimum Gasteiger partial charge on any atom is -0.339 e. The van der Waals surface area contributed by atoms with Crippen molar-refractivity contribution in [2.24, 2.45) is 5.92 Å². The number of piperidine rings is 1. The third kappa shape index (κ3) is 6.23. The summed E-state index contributed by atoms with van der Waals surface area (Å²) in [5, 5.41) is 6.99. The van der Waals surface area contributed by atoms with Gasteiger partial charge in [0.1, 0.15) is 0 Å². The van der Waals surface area contributed by atoms with Gasteiger partial charge in [0, 0.05) is 23.5 Å². The SMILES string of the molecule is CNCCC1CCN(C(=O)c2ccc(SCc3nc(C)no3)cc2)CC1.Cl. The second-order valence-electron chi connectivity index (χ2n) is 6.68. The van der Waals surface area contributed by atoms with Crippen LogP contribution in [0, 0.1) is 12.8 Å². The number of nitrogens with zero attached hydrogens (tertiary/aromatic N) is 3. The van der Waals surface area contributed by atoms with Gasteiger partial charge in [-0.3, -0.25) is 4.79 Å². The van der Waals surface area contributed by atoms with Crippen LogP contribution in [0.5, 0.6) is 0 Å². The molecule has 8 heteroatoms. The molecule has 0 aliphatic carbocycles. The van der Waals surface area contributed by atoms with Crippen LogP contribution in [0.15, 0.2) is 33.7 Å². The number of hydrogen-bond donors (Lipinski definition) is 1. The Labute approximate surface area is 170 Å². The van der Waals surface area contributed by atoms with E-state index in [1.165, 1.54) is 6.42 Å². The number of halogens is 1. The van der Waals surface area contributed by atoms with Crippen LogP contribution in [-0.2, 0) is 5.75 Å². The lowest BCUT2D eigenvalue weighted by atomic mass is 9.93. The standard InChI is InChI=1S/C19H26N4O2S.ClH/c1-14-21-18(25-22-14)13-26-17-5-3-16(4-6-17)19(24)23-11-8-15(9-12-23)7-10-20-2;/h3-6,15,20H,7-13H2,1-2H3;1H. The normalized spacial score (nSPS) is 14.8. The number of carbonyl (C=O) groups excluding carboxylic acids is 1. The first-order valence-electron chi connectivity index (χ1n) is 9.11. The number of thioether (sulfide) groups is 1. The largest absolute Gasteiger partial charge is 0.339 e. The first-order valence-corrected chi connectivity index (χ1v) is 10.1. The average molecular weight is 411 g/mol. The molecule has 1 aromatic carbocycles. The number of amides is 1. The number of aryl methyl sites for hydroxylation is 1. The predicted octanol–water partition coefficient (Wildman–Crippen LogP) is 3.55. The van der Waals surface area contributed by atoms with Crippen molar-refractivity contribution < 1.29 is 9.32 Å². The van der Waals surface area contributed by atoms with E-state index in [0.29, 0.717) is 17.5 Å². The fourth-order valence-corrected chi connectivity index (χ4v) is 3.93. The van der Waals surface area contributed by atoms with Gasteiger partial charge in [-0.25, -0.2) is 0 Å². The number of nitrogens with one attached hydrogen (secondary N) is 1. The molecule has 0 atom stereocenters. The van der Waals surface area contributed by atoms with E-state index in [0.717, 1.165) is 48.9 Å². The Hall–Kier alpha value is -1.57. The van der Waals surface area contributed by atoms with Gasteiger partial charge < -0.3 is 14.7 Å². The van der Waals surface area contributed by atoms with E-state index in [4.69, 9.17) is 4.52 Å². The fourth-order valence-electron chi connectivity index (χ4n) is 3.19. The van der Waals surface area contributed by atoms with Gasteiger partial charge in [0.25, 0.3) is 5.91 Å². The number of hydrogen-bond acceptors (Lipinski definition) is 6. The third-order valence-electron chi connectivity index (χ3n) is 4.74. The zero-order chi connectivity index (χ0) is 18.4. The van der Waals surface area contributed by atoms with E-state index in [-0.39, 0.29) is 18.3 Å². The predicted molar refractivity (Wildman–Crippen MR) is 109 cm³/mol. The molecule has 1 aromatic heterocycles. The molecule has 0 saturated carbocycles. The van der Waals surface area contributed by atoms with Crippen molar-refractivity contribution in [3.05, 3.63) is 41.5 Å². The Balaban J connectivity index is 0.00000261. The van der Waals surface area contributed by atoms with E-state index < -0.39 is 0 Å². The summed E-state index contributed by atoms with van der Waals surface area (Å²) in [6.07, 6.45) is 3.40. The van der Waals surface area contributed by atoms with Gasteiger partial charge in [-0.2, -0.15) is 4.98 Å². The van der Waals surface area contributed by atoms with Crippen LogP contribution < -0.4 is 5.32 Å². The Morgan fingerprint density at radius 1 is 1.30 bits per heavy atom. The minimum absolute atomic E-state index is 0. The molecule has 0 radical (unpaired) electrons. The first-order chi connectivity index (χ1) is 12.7. The van der Waals surface area contributed by atoms with Crippen molar-refractivity contribution in [2.45, 2.75) is 36.8 Å². The van der Waals surface area contributed by atoms with Gasteiger partial charge in [-0.1, -0.05) is 5.16 Å². The second-order valence-corrected chi connectivity index (χ2v) is 7.72. The van der Waals surface area contributed by atoms with Crippen LogP contribution in [0.3, 0.4) is 0 Å². The Bertz CT molecular complexity index is 715. The van der Waals surface area contributed by atoms with Crippen LogP contribution in [-0.4, -0.2) is 47.6 Å². The van der Waals surface area contributed by atoms with Crippen LogP contribution in [0.4, 0.5) is 0 Å². The number of benzene rings is 1. The highest BCUT2D eigenvalue weighted by molar-refractivity contribution is 7.98. The zero-order valence-corrected chi connectivity index (χ0v) is 17.4. The summed E-state index contributed by atoms with van der Waals surface area (Å²) in [4.78, 5) is 20.0. The van der Waals surface area contributed by atoms with E-state index in [1.807, 2.05) is 43.1 Å². The maximum atomic E-state index is 12.7. The van der Waals surface area contributed by atoms with Gasteiger partial charge in [-0.05, 0) is 70.0 Å². The minimum atomic E-state index is 0. The van der Waals surface area contributed by atoms with Crippen LogP contribution in [0.1, 0.15) is 41.3 Å². The number of likely N-dealkylation sites (tertiary alicyclic amines) is 1. The van der Waals surface area contributed by atoms with Crippen molar-refractivity contribution in [1.82, 2.24) is 20.4 Å². The molecule has 1 amide bonds. The molecule has 3 rings (SSSR count). The number of aromatic nitrogens is 2. The van der Waals surface area contributed by atoms with Crippen molar-refractivity contribution in [3.63, 3.8) is 0 Å². The molecule has 2 heterocycles. The molecule has 0 spiro atoms. The molecule has 1 fully saturated rings. The lowest BCUT2D eigenvalue weighted by Crippen LogP contribution is -2.38. The molecule has 0 unspecified atom stereocenters.